The van der Waals surface area contributed by atoms with Crippen LogP contribution in [0.3, 0.4) is 0 Å². The SMILES string of the molecule is O=C(Nc1nccs1)C1CCCN1Cc1noc(-c2ccoc2)n1. The monoisotopic (exact) mass is 345 g/mol. The van der Waals surface area contributed by atoms with Gasteiger partial charge in [0.25, 0.3) is 5.89 Å². The fraction of sp³-hybridized carbons (Fsp3) is 0.333. The summed E-state index contributed by atoms with van der Waals surface area (Å²) in [5, 5.41) is 9.30. The van der Waals surface area contributed by atoms with Crippen molar-refractivity contribution in [3.8, 4) is 11.5 Å². The Bertz CT molecular complexity index is 799. The van der Waals surface area contributed by atoms with E-state index < -0.39 is 0 Å². The second-order valence-corrected chi connectivity index (χ2v) is 6.38. The molecule has 1 atom stereocenters. The van der Waals surface area contributed by atoms with Crippen LogP contribution >= 0.6 is 11.3 Å². The molecule has 24 heavy (non-hydrogen) atoms. The molecule has 124 valence electrons. The van der Waals surface area contributed by atoms with Crippen molar-refractivity contribution in [1.82, 2.24) is 20.0 Å². The largest absolute Gasteiger partial charge is 0.472 e. The van der Waals surface area contributed by atoms with Gasteiger partial charge in [-0.15, -0.1) is 11.3 Å². The Morgan fingerprint density at radius 2 is 2.46 bits per heavy atom. The van der Waals surface area contributed by atoms with Crippen LogP contribution in [0.2, 0.25) is 0 Å². The summed E-state index contributed by atoms with van der Waals surface area (Å²) in [6.07, 6.45) is 6.55. The second-order valence-electron chi connectivity index (χ2n) is 5.48. The van der Waals surface area contributed by atoms with Crippen molar-refractivity contribution in [1.29, 1.82) is 0 Å². The first-order valence-corrected chi connectivity index (χ1v) is 8.47. The van der Waals surface area contributed by atoms with Gasteiger partial charge in [0, 0.05) is 11.6 Å². The van der Waals surface area contributed by atoms with E-state index in [0.717, 1.165) is 24.9 Å². The van der Waals surface area contributed by atoms with Crippen LogP contribution in [-0.4, -0.2) is 38.5 Å². The molecule has 0 aromatic carbocycles. The summed E-state index contributed by atoms with van der Waals surface area (Å²) in [5.74, 6) is 0.933. The standard InChI is InChI=1S/C15H15N5O3S/c21-13(18-15-16-4-7-24-15)11-2-1-5-20(11)8-12-17-14(23-19-12)10-3-6-22-9-10/h3-4,6-7,9,11H,1-2,5,8H2,(H,16,18,21). The van der Waals surface area contributed by atoms with Crippen LogP contribution in [0.15, 0.2) is 39.1 Å². The molecule has 0 bridgehead atoms. The number of thiazole rings is 1. The summed E-state index contributed by atoms with van der Waals surface area (Å²) in [4.78, 5) is 23.0. The van der Waals surface area contributed by atoms with Crippen molar-refractivity contribution in [3.05, 3.63) is 36.0 Å². The Balaban J connectivity index is 1.42. The van der Waals surface area contributed by atoms with E-state index >= 15 is 0 Å². The lowest BCUT2D eigenvalue weighted by molar-refractivity contribution is -0.120. The lowest BCUT2D eigenvalue weighted by Crippen LogP contribution is -2.39. The molecule has 0 aliphatic carbocycles. The molecular weight excluding hydrogens is 330 g/mol. The smallest absolute Gasteiger partial charge is 0.261 e. The highest BCUT2D eigenvalue weighted by Crippen LogP contribution is 2.23. The average molecular weight is 345 g/mol. The molecule has 3 aromatic heterocycles. The number of furan rings is 1. The first-order chi connectivity index (χ1) is 11.8. The molecule has 1 unspecified atom stereocenters. The van der Waals surface area contributed by atoms with Gasteiger partial charge >= 0.3 is 0 Å². The number of hydrogen-bond donors (Lipinski definition) is 1. The summed E-state index contributed by atoms with van der Waals surface area (Å²) in [6.45, 7) is 1.29. The van der Waals surface area contributed by atoms with Crippen molar-refractivity contribution in [2.24, 2.45) is 0 Å². The summed E-state index contributed by atoms with van der Waals surface area (Å²) >= 11 is 1.41. The number of rotatable bonds is 5. The number of carbonyl (C=O) groups is 1. The third-order valence-corrected chi connectivity index (χ3v) is 4.60. The first-order valence-electron chi connectivity index (χ1n) is 7.59. The maximum absolute atomic E-state index is 12.4. The van der Waals surface area contributed by atoms with Crippen LogP contribution < -0.4 is 5.32 Å². The maximum atomic E-state index is 12.4. The molecule has 0 spiro atoms. The quantitative estimate of drug-likeness (QED) is 0.758. The van der Waals surface area contributed by atoms with E-state index in [1.54, 1.807) is 24.8 Å². The Morgan fingerprint density at radius 1 is 1.50 bits per heavy atom. The van der Waals surface area contributed by atoms with Gasteiger partial charge in [-0.3, -0.25) is 9.69 Å². The van der Waals surface area contributed by atoms with Crippen LogP contribution in [0.25, 0.3) is 11.5 Å². The molecule has 1 aliphatic heterocycles. The van der Waals surface area contributed by atoms with E-state index in [0.29, 0.717) is 23.4 Å². The van der Waals surface area contributed by atoms with Crippen LogP contribution in [0.4, 0.5) is 5.13 Å². The predicted molar refractivity (Wildman–Crippen MR) is 86.2 cm³/mol. The topological polar surface area (TPSA) is 97.3 Å². The van der Waals surface area contributed by atoms with E-state index in [4.69, 9.17) is 8.94 Å². The molecule has 8 nitrogen and oxygen atoms in total. The van der Waals surface area contributed by atoms with Crippen LogP contribution in [0.1, 0.15) is 18.7 Å². The fourth-order valence-electron chi connectivity index (χ4n) is 2.79. The summed E-state index contributed by atoms with van der Waals surface area (Å²) < 4.78 is 10.3. The number of nitrogens with zero attached hydrogens (tertiary/aromatic N) is 4. The van der Waals surface area contributed by atoms with Gasteiger partial charge in [0.05, 0.1) is 24.4 Å². The van der Waals surface area contributed by atoms with Gasteiger partial charge in [-0.2, -0.15) is 4.98 Å². The van der Waals surface area contributed by atoms with Crippen molar-refractivity contribution >= 4 is 22.4 Å². The Kier molecular flexibility index (Phi) is 4.09. The molecule has 0 radical (unpaired) electrons. The highest BCUT2D eigenvalue weighted by atomic mass is 32.1. The Morgan fingerprint density at radius 3 is 3.25 bits per heavy atom. The average Bonchev–Trinajstić information content (AvgIpc) is 3.36. The van der Waals surface area contributed by atoms with Crippen molar-refractivity contribution in [2.75, 3.05) is 11.9 Å². The summed E-state index contributed by atoms with van der Waals surface area (Å²) in [5.41, 5.74) is 0.744. The van der Waals surface area contributed by atoms with Crippen molar-refractivity contribution < 1.29 is 13.7 Å². The maximum Gasteiger partial charge on any atom is 0.261 e. The fourth-order valence-corrected chi connectivity index (χ4v) is 3.32. The molecule has 1 N–H and O–H groups in total. The van der Waals surface area contributed by atoms with E-state index in [9.17, 15) is 4.79 Å². The zero-order chi connectivity index (χ0) is 16.4. The number of amides is 1. The zero-order valence-electron chi connectivity index (χ0n) is 12.7. The molecule has 9 heteroatoms. The minimum atomic E-state index is -0.204. The number of aromatic nitrogens is 3. The minimum absolute atomic E-state index is 0.0407. The zero-order valence-corrected chi connectivity index (χ0v) is 13.5. The number of nitrogens with one attached hydrogen (secondary N) is 1. The molecule has 1 fully saturated rings. The molecule has 1 aliphatic rings. The molecule has 3 aromatic rings. The highest BCUT2D eigenvalue weighted by molar-refractivity contribution is 7.13. The van der Waals surface area contributed by atoms with Crippen LogP contribution in [0, 0.1) is 0 Å². The number of anilines is 1. The molecule has 1 saturated heterocycles. The number of hydrogen-bond acceptors (Lipinski definition) is 8. The van der Waals surface area contributed by atoms with Gasteiger partial charge in [-0.25, -0.2) is 4.98 Å². The molecular formula is C15H15N5O3S. The molecule has 4 heterocycles. The predicted octanol–water partition coefficient (Wildman–Crippen LogP) is 2.39. The third-order valence-electron chi connectivity index (χ3n) is 3.91. The van der Waals surface area contributed by atoms with Crippen LogP contribution in [-0.2, 0) is 11.3 Å². The normalized spacial score (nSPS) is 18.1. The Hall–Kier alpha value is -2.52. The van der Waals surface area contributed by atoms with Gasteiger partial charge in [0.15, 0.2) is 11.0 Å². The lowest BCUT2D eigenvalue weighted by atomic mass is 10.2. The lowest BCUT2D eigenvalue weighted by Gasteiger charge is -2.21. The number of likely N-dealkylation sites (tertiary alicyclic amines) is 1. The van der Waals surface area contributed by atoms with E-state index in [-0.39, 0.29) is 11.9 Å². The van der Waals surface area contributed by atoms with Gasteiger partial charge in [-0.1, -0.05) is 5.16 Å². The second kappa shape index (κ2) is 6.54. The van der Waals surface area contributed by atoms with Gasteiger partial charge in [0.2, 0.25) is 5.91 Å². The van der Waals surface area contributed by atoms with Crippen molar-refractivity contribution in [3.63, 3.8) is 0 Å². The minimum Gasteiger partial charge on any atom is -0.472 e. The molecule has 1 amide bonds. The van der Waals surface area contributed by atoms with Gasteiger partial charge < -0.3 is 14.3 Å². The summed E-state index contributed by atoms with van der Waals surface area (Å²) in [7, 11) is 0. The van der Waals surface area contributed by atoms with E-state index in [1.807, 2.05) is 5.38 Å². The Labute approximate surface area is 141 Å². The first kappa shape index (κ1) is 15.0. The third kappa shape index (κ3) is 3.08. The van der Waals surface area contributed by atoms with Gasteiger partial charge in [0.1, 0.15) is 6.26 Å². The highest BCUT2D eigenvalue weighted by Gasteiger charge is 2.32. The van der Waals surface area contributed by atoms with E-state index in [1.165, 1.54) is 11.3 Å². The number of carbonyl (C=O) groups excluding carboxylic acids is 1. The van der Waals surface area contributed by atoms with Gasteiger partial charge in [-0.05, 0) is 25.5 Å². The van der Waals surface area contributed by atoms with Crippen LogP contribution in [0.5, 0.6) is 0 Å². The molecule has 0 saturated carbocycles. The van der Waals surface area contributed by atoms with E-state index in [2.05, 4.69) is 25.3 Å². The molecule has 4 rings (SSSR count). The summed E-state index contributed by atoms with van der Waals surface area (Å²) in [6, 6.07) is 1.56. The van der Waals surface area contributed by atoms with Crippen molar-refractivity contribution in [2.45, 2.75) is 25.4 Å².